The molecule has 1 atom stereocenters. The molecule has 2 aromatic carbocycles. The Morgan fingerprint density at radius 3 is 2.32 bits per heavy atom. The third-order valence-electron chi connectivity index (χ3n) is 3.68. The van der Waals surface area contributed by atoms with E-state index in [1.165, 1.54) is 11.1 Å². The quantitative estimate of drug-likeness (QED) is 0.792. The largest absolute Gasteiger partial charge is 0.493 e. The molecule has 1 N–H and O–H groups in total. The molecule has 0 saturated heterocycles. The lowest BCUT2D eigenvalue weighted by Gasteiger charge is -2.15. The van der Waals surface area contributed by atoms with Gasteiger partial charge in [-0.05, 0) is 55.3 Å². The van der Waals surface area contributed by atoms with Gasteiger partial charge in [0, 0.05) is 10.5 Å². The molecular formula is C18H22BrNO2. The van der Waals surface area contributed by atoms with Crippen LogP contribution in [0.15, 0.2) is 46.9 Å². The number of benzene rings is 2. The Balaban J connectivity index is 1.89. The minimum atomic E-state index is 0.327. The van der Waals surface area contributed by atoms with E-state index in [0.717, 1.165) is 28.9 Å². The molecule has 4 heteroatoms. The summed E-state index contributed by atoms with van der Waals surface area (Å²) >= 11 is 3.46. The van der Waals surface area contributed by atoms with Crippen molar-refractivity contribution in [2.45, 2.75) is 19.4 Å². The van der Waals surface area contributed by atoms with Gasteiger partial charge in [0.25, 0.3) is 0 Å². The predicted octanol–water partition coefficient (Wildman–Crippen LogP) is 4.36. The summed E-state index contributed by atoms with van der Waals surface area (Å²) < 4.78 is 11.7. The Kier molecular flexibility index (Phi) is 6.28. The fraction of sp³-hybridized carbons (Fsp3) is 0.333. The fourth-order valence-electron chi connectivity index (χ4n) is 2.34. The number of halogens is 1. The van der Waals surface area contributed by atoms with Gasteiger partial charge < -0.3 is 14.8 Å². The summed E-state index contributed by atoms with van der Waals surface area (Å²) in [6.45, 7) is 3.09. The fourth-order valence-corrected chi connectivity index (χ4v) is 2.60. The summed E-state index contributed by atoms with van der Waals surface area (Å²) in [4.78, 5) is 0. The first-order valence-electron chi connectivity index (χ1n) is 7.33. The van der Waals surface area contributed by atoms with Crippen LogP contribution in [0.4, 0.5) is 0 Å². The number of methoxy groups -OCH3 is 2. The van der Waals surface area contributed by atoms with E-state index in [-0.39, 0.29) is 0 Å². The minimum Gasteiger partial charge on any atom is -0.493 e. The highest BCUT2D eigenvalue weighted by Gasteiger charge is 2.06. The standard InChI is InChI=1S/C18H22BrNO2/c1-13(15-5-7-16(19)8-6-15)20-11-10-14-4-9-17(21-2)18(12-14)22-3/h4-9,12-13,20H,10-11H2,1-3H3. The Labute approximate surface area is 140 Å². The van der Waals surface area contributed by atoms with E-state index in [1.54, 1.807) is 14.2 Å². The number of rotatable bonds is 7. The molecule has 0 saturated carbocycles. The summed E-state index contributed by atoms with van der Waals surface area (Å²) in [7, 11) is 3.31. The molecule has 0 heterocycles. The van der Waals surface area contributed by atoms with Gasteiger partial charge in [0.15, 0.2) is 11.5 Å². The average molecular weight is 364 g/mol. The van der Waals surface area contributed by atoms with E-state index in [9.17, 15) is 0 Å². The van der Waals surface area contributed by atoms with Crippen molar-refractivity contribution in [1.29, 1.82) is 0 Å². The first kappa shape index (κ1) is 16.8. The first-order valence-corrected chi connectivity index (χ1v) is 8.13. The monoisotopic (exact) mass is 363 g/mol. The molecule has 0 bridgehead atoms. The van der Waals surface area contributed by atoms with E-state index >= 15 is 0 Å². The summed E-state index contributed by atoms with van der Waals surface area (Å²) in [6.07, 6.45) is 0.946. The van der Waals surface area contributed by atoms with Gasteiger partial charge in [-0.3, -0.25) is 0 Å². The van der Waals surface area contributed by atoms with Crippen LogP contribution < -0.4 is 14.8 Å². The summed E-state index contributed by atoms with van der Waals surface area (Å²) in [5.41, 5.74) is 2.52. The number of hydrogen-bond donors (Lipinski definition) is 1. The second-order valence-corrected chi connectivity index (χ2v) is 6.08. The maximum atomic E-state index is 5.33. The third kappa shape index (κ3) is 4.49. The van der Waals surface area contributed by atoms with Gasteiger partial charge >= 0.3 is 0 Å². The normalized spacial score (nSPS) is 12.0. The molecule has 0 aliphatic rings. The number of nitrogens with one attached hydrogen (secondary N) is 1. The smallest absolute Gasteiger partial charge is 0.160 e. The molecule has 0 spiro atoms. The minimum absolute atomic E-state index is 0.327. The molecule has 2 aromatic rings. The molecule has 1 unspecified atom stereocenters. The molecule has 118 valence electrons. The van der Waals surface area contributed by atoms with Crippen LogP contribution in [-0.4, -0.2) is 20.8 Å². The van der Waals surface area contributed by atoms with Crippen molar-refractivity contribution in [1.82, 2.24) is 5.32 Å². The molecule has 0 radical (unpaired) electrons. The van der Waals surface area contributed by atoms with Gasteiger partial charge in [-0.25, -0.2) is 0 Å². The van der Waals surface area contributed by atoms with Gasteiger partial charge in [-0.1, -0.05) is 34.1 Å². The van der Waals surface area contributed by atoms with Crippen molar-refractivity contribution < 1.29 is 9.47 Å². The second-order valence-electron chi connectivity index (χ2n) is 5.17. The van der Waals surface area contributed by atoms with Crippen LogP contribution in [-0.2, 0) is 6.42 Å². The molecule has 2 rings (SSSR count). The zero-order valence-corrected chi connectivity index (χ0v) is 14.8. The van der Waals surface area contributed by atoms with Crippen LogP contribution in [0.3, 0.4) is 0 Å². The maximum Gasteiger partial charge on any atom is 0.160 e. The van der Waals surface area contributed by atoms with Gasteiger partial charge in [0.1, 0.15) is 0 Å². The van der Waals surface area contributed by atoms with E-state index in [1.807, 2.05) is 12.1 Å². The molecule has 0 fully saturated rings. The van der Waals surface area contributed by atoms with E-state index in [2.05, 4.69) is 58.5 Å². The van der Waals surface area contributed by atoms with Gasteiger partial charge in [-0.2, -0.15) is 0 Å². The lowest BCUT2D eigenvalue weighted by atomic mass is 10.1. The maximum absolute atomic E-state index is 5.33. The zero-order valence-electron chi connectivity index (χ0n) is 13.2. The highest BCUT2D eigenvalue weighted by molar-refractivity contribution is 9.10. The lowest BCUT2D eigenvalue weighted by molar-refractivity contribution is 0.354. The van der Waals surface area contributed by atoms with Gasteiger partial charge in [-0.15, -0.1) is 0 Å². The molecule has 22 heavy (non-hydrogen) atoms. The summed E-state index contributed by atoms with van der Waals surface area (Å²) in [5.74, 6) is 1.54. The second kappa shape index (κ2) is 8.20. The highest BCUT2D eigenvalue weighted by Crippen LogP contribution is 2.27. The molecule has 0 aliphatic carbocycles. The van der Waals surface area contributed by atoms with Crippen molar-refractivity contribution in [2.75, 3.05) is 20.8 Å². The SMILES string of the molecule is COc1ccc(CCNC(C)c2ccc(Br)cc2)cc1OC. The van der Waals surface area contributed by atoms with Crippen molar-refractivity contribution >= 4 is 15.9 Å². The van der Waals surface area contributed by atoms with Crippen LogP contribution in [0.25, 0.3) is 0 Å². The molecular weight excluding hydrogens is 342 g/mol. The van der Waals surface area contributed by atoms with Crippen molar-refractivity contribution in [3.8, 4) is 11.5 Å². The number of hydrogen-bond acceptors (Lipinski definition) is 3. The van der Waals surface area contributed by atoms with Crippen LogP contribution in [0, 0.1) is 0 Å². The van der Waals surface area contributed by atoms with Crippen LogP contribution >= 0.6 is 15.9 Å². The van der Waals surface area contributed by atoms with Crippen LogP contribution in [0.5, 0.6) is 11.5 Å². The number of ether oxygens (including phenoxy) is 2. The third-order valence-corrected chi connectivity index (χ3v) is 4.21. The van der Waals surface area contributed by atoms with Crippen molar-refractivity contribution in [3.63, 3.8) is 0 Å². The van der Waals surface area contributed by atoms with Gasteiger partial charge in [0.05, 0.1) is 14.2 Å². The Bertz CT molecular complexity index is 599. The first-order chi connectivity index (χ1) is 10.6. The Hall–Kier alpha value is -1.52. The van der Waals surface area contributed by atoms with E-state index in [0.29, 0.717) is 6.04 Å². The van der Waals surface area contributed by atoms with Crippen molar-refractivity contribution in [2.24, 2.45) is 0 Å². The lowest BCUT2D eigenvalue weighted by Crippen LogP contribution is -2.21. The summed E-state index contributed by atoms with van der Waals surface area (Å²) in [6, 6.07) is 14.8. The average Bonchev–Trinajstić information content (AvgIpc) is 2.55. The Morgan fingerprint density at radius 1 is 1.00 bits per heavy atom. The Morgan fingerprint density at radius 2 is 1.68 bits per heavy atom. The summed E-state index contributed by atoms with van der Waals surface area (Å²) in [5, 5.41) is 3.55. The van der Waals surface area contributed by atoms with Gasteiger partial charge in [0.2, 0.25) is 0 Å². The van der Waals surface area contributed by atoms with E-state index < -0.39 is 0 Å². The van der Waals surface area contributed by atoms with Crippen LogP contribution in [0.2, 0.25) is 0 Å². The highest BCUT2D eigenvalue weighted by atomic mass is 79.9. The van der Waals surface area contributed by atoms with E-state index in [4.69, 9.17) is 9.47 Å². The van der Waals surface area contributed by atoms with Crippen LogP contribution in [0.1, 0.15) is 24.1 Å². The van der Waals surface area contributed by atoms with Crippen molar-refractivity contribution in [3.05, 3.63) is 58.1 Å². The molecule has 3 nitrogen and oxygen atoms in total. The predicted molar refractivity (Wildman–Crippen MR) is 93.8 cm³/mol. The molecule has 0 aromatic heterocycles. The zero-order chi connectivity index (χ0) is 15.9. The molecule has 0 aliphatic heterocycles. The topological polar surface area (TPSA) is 30.5 Å². The molecule has 0 amide bonds.